The van der Waals surface area contributed by atoms with Crippen molar-refractivity contribution in [2.24, 2.45) is 0 Å². The molecule has 0 unspecified atom stereocenters. The lowest BCUT2D eigenvalue weighted by atomic mass is 10.2. The lowest BCUT2D eigenvalue weighted by molar-refractivity contribution is 0.615. The molecule has 3 heterocycles. The number of rotatable bonds is 0. The monoisotopic (exact) mass is 225 g/mol. The first-order valence-electron chi connectivity index (χ1n) is 4.80. The summed E-state index contributed by atoms with van der Waals surface area (Å²) in [5, 5.41) is 4.99. The van der Waals surface area contributed by atoms with Crippen LogP contribution in [0.15, 0.2) is 45.8 Å². The van der Waals surface area contributed by atoms with Crippen LogP contribution in [0.1, 0.15) is 11.3 Å². The Morgan fingerprint density at radius 3 is 3.06 bits per heavy atom. The van der Waals surface area contributed by atoms with Crippen molar-refractivity contribution in [1.82, 2.24) is 4.98 Å². The second kappa shape index (κ2) is 3.84. The Balaban J connectivity index is 2.10. The summed E-state index contributed by atoms with van der Waals surface area (Å²) in [6.07, 6.45) is 3.37. The van der Waals surface area contributed by atoms with Gasteiger partial charge in [0.15, 0.2) is 0 Å². The van der Waals surface area contributed by atoms with E-state index in [2.05, 4.69) is 16.8 Å². The molecule has 16 heavy (non-hydrogen) atoms. The summed E-state index contributed by atoms with van der Waals surface area (Å²) in [5.74, 6) is 6.14. The topological polar surface area (TPSA) is 26.0 Å². The zero-order chi connectivity index (χ0) is 10.8. The molecule has 0 N–H and O–H groups in total. The maximum Gasteiger partial charge on any atom is 0.138 e. The number of nitrogens with zero attached hydrogens (tertiary/aromatic N) is 1. The van der Waals surface area contributed by atoms with E-state index in [0.29, 0.717) is 0 Å². The Hall–Kier alpha value is -2.05. The minimum Gasteiger partial charge on any atom is -0.464 e. The first-order valence-corrected chi connectivity index (χ1v) is 5.74. The van der Waals surface area contributed by atoms with E-state index in [9.17, 15) is 0 Å². The number of aromatic nitrogens is 1. The van der Waals surface area contributed by atoms with Crippen LogP contribution in [-0.2, 0) is 0 Å². The Morgan fingerprint density at radius 1 is 1.19 bits per heavy atom. The highest BCUT2D eigenvalue weighted by Gasteiger charge is 2.01. The van der Waals surface area contributed by atoms with E-state index in [1.54, 1.807) is 23.8 Å². The summed E-state index contributed by atoms with van der Waals surface area (Å²) in [4.78, 5) is 4.25. The van der Waals surface area contributed by atoms with Gasteiger partial charge in [0.05, 0.1) is 11.6 Å². The van der Waals surface area contributed by atoms with E-state index in [-0.39, 0.29) is 0 Å². The van der Waals surface area contributed by atoms with Crippen LogP contribution in [0.5, 0.6) is 0 Å². The quantitative estimate of drug-likeness (QED) is 0.549. The van der Waals surface area contributed by atoms with Crippen molar-refractivity contribution in [3.63, 3.8) is 0 Å². The van der Waals surface area contributed by atoms with Crippen molar-refractivity contribution in [2.45, 2.75) is 0 Å². The molecular formula is C13H7NOS. The molecule has 2 nitrogen and oxygen atoms in total. The van der Waals surface area contributed by atoms with Gasteiger partial charge in [-0.25, -0.2) is 4.98 Å². The van der Waals surface area contributed by atoms with E-state index in [4.69, 9.17) is 4.42 Å². The molecule has 3 aromatic rings. The molecule has 0 saturated heterocycles. The van der Waals surface area contributed by atoms with Crippen LogP contribution < -0.4 is 0 Å². The zero-order valence-electron chi connectivity index (χ0n) is 8.31. The van der Waals surface area contributed by atoms with E-state index in [1.165, 1.54) is 0 Å². The molecule has 3 aromatic heterocycles. The summed E-state index contributed by atoms with van der Waals surface area (Å²) >= 11 is 1.64. The number of hydrogen-bond acceptors (Lipinski definition) is 3. The third kappa shape index (κ3) is 1.60. The van der Waals surface area contributed by atoms with Crippen LogP contribution in [0.2, 0.25) is 0 Å². The van der Waals surface area contributed by atoms with Crippen molar-refractivity contribution in [3.8, 4) is 11.8 Å². The van der Waals surface area contributed by atoms with Gasteiger partial charge in [0.1, 0.15) is 11.3 Å². The molecule has 3 rings (SSSR count). The molecule has 3 heteroatoms. The molecule has 0 aliphatic heterocycles. The first-order chi connectivity index (χ1) is 7.93. The Kier molecular flexibility index (Phi) is 2.21. The molecule has 76 valence electrons. The van der Waals surface area contributed by atoms with Crippen LogP contribution in [0.25, 0.3) is 11.0 Å². The van der Waals surface area contributed by atoms with Crippen molar-refractivity contribution in [3.05, 3.63) is 52.7 Å². The molecule has 0 fully saturated rings. The van der Waals surface area contributed by atoms with Crippen LogP contribution in [0.4, 0.5) is 0 Å². The lowest BCUT2D eigenvalue weighted by Gasteiger charge is -1.90. The fourth-order valence-electron chi connectivity index (χ4n) is 1.46. The van der Waals surface area contributed by atoms with Gasteiger partial charge in [-0.3, -0.25) is 0 Å². The SMILES string of the molecule is C(#Cc1nccc2occc12)c1ccsc1. The molecule has 0 spiro atoms. The Labute approximate surface area is 96.6 Å². The molecular weight excluding hydrogens is 218 g/mol. The van der Waals surface area contributed by atoms with Crippen molar-refractivity contribution < 1.29 is 4.42 Å². The molecule has 0 atom stereocenters. The molecule has 0 bridgehead atoms. The van der Waals surface area contributed by atoms with Crippen LogP contribution >= 0.6 is 11.3 Å². The minimum atomic E-state index is 0.762. The largest absolute Gasteiger partial charge is 0.464 e. The van der Waals surface area contributed by atoms with E-state index in [0.717, 1.165) is 22.2 Å². The average molecular weight is 225 g/mol. The number of thiophene rings is 1. The summed E-state index contributed by atoms with van der Waals surface area (Å²) in [7, 11) is 0. The predicted octanol–water partition coefficient (Wildman–Crippen LogP) is 3.29. The first kappa shape index (κ1) is 9.20. The van der Waals surface area contributed by atoms with Crippen molar-refractivity contribution in [2.75, 3.05) is 0 Å². The highest BCUT2D eigenvalue weighted by molar-refractivity contribution is 7.08. The fraction of sp³-hybridized carbons (Fsp3) is 0. The molecule has 0 saturated carbocycles. The molecule has 0 radical (unpaired) electrons. The standard InChI is InChI=1S/C13H7NOS/c1(10-5-8-16-9-10)2-12-11-4-7-15-13(11)3-6-14-12/h3-9H. The number of pyridine rings is 1. The van der Waals surface area contributed by atoms with Gasteiger partial charge in [-0.1, -0.05) is 5.92 Å². The van der Waals surface area contributed by atoms with Gasteiger partial charge < -0.3 is 4.42 Å². The number of furan rings is 1. The van der Waals surface area contributed by atoms with Gasteiger partial charge in [0.2, 0.25) is 0 Å². The zero-order valence-corrected chi connectivity index (χ0v) is 9.12. The fourth-order valence-corrected chi connectivity index (χ4v) is 2.05. The Morgan fingerprint density at radius 2 is 2.19 bits per heavy atom. The number of fused-ring (bicyclic) bond motifs is 1. The third-order valence-electron chi connectivity index (χ3n) is 2.23. The van der Waals surface area contributed by atoms with Gasteiger partial charge >= 0.3 is 0 Å². The molecule has 0 aliphatic rings. The highest BCUT2D eigenvalue weighted by atomic mass is 32.1. The molecule has 0 amide bonds. The van der Waals surface area contributed by atoms with Crippen LogP contribution in [-0.4, -0.2) is 4.98 Å². The van der Waals surface area contributed by atoms with Crippen LogP contribution in [0.3, 0.4) is 0 Å². The van der Waals surface area contributed by atoms with Crippen molar-refractivity contribution >= 4 is 22.3 Å². The lowest BCUT2D eigenvalue weighted by Crippen LogP contribution is -1.81. The Bertz CT molecular complexity index is 671. The van der Waals surface area contributed by atoms with Gasteiger partial charge in [-0.15, -0.1) is 0 Å². The van der Waals surface area contributed by atoms with E-state index in [1.807, 2.05) is 29.0 Å². The van der Waals surface area contributed by atoms with Crippen LogP contribution in [0, 0.1) is 11.8 Å². The summed E-state index contributed by atoms with van der Waals surface area (Å²) in [5.41, 5.74) is 2.61. The van der Waals surface area contributed by atoms with Gasteiger partial charge in [0, 0.05) is 17.1 Å². The summed E-state index contributed by atoms with van der Waals surface area (Å²) < 4.78 is 5.29. The normalized spacial score (nSPS) is 10.0. The summed E-state index contributed by atoms with van der Waals surface area (Å²) in [6, 6.07) is 5.72. The van der Waals surface area contributed by atoms with E-state index < -0.39 is 0 Å². The van der Waals surface area contributed by atoms with Gasteiger partial charge in [-0.2, -0.15) is 11.3 Å². The maximum absolute atomic E-state index is 5.29. The second-order valence-corrected chi connectivity index (χ2v) is 4.03. The third-order valence-corrected chi connectivity index (χ3v) is 2.91. The molecule has 0 aromatic carbocycles. The summed E-state index contributed by atoms with van der Waals surface area (Å²) in [6.45, 7) is 0. The smallest absolute Gasteiger partial charge is 0.138 e. The van der Waals surface area contributed by atoms with Gasteiger partial charge in [-0.05, 0) is 29.5 Å². The predicted molar refractivity (Wildman–Crippen MR) is 64.3 cm³/mol. The van der Waals surface area contributed by atoms with Crippen molar-refractivity contribution in [1.29, 1.82) is 0 Å². The van der Waals surface area contributed by atoms with Gasteiger partial charge in [0.25, 0.3) is 0 Å². The highest BCUT2D eigenvalue weighted by Crippen LogP contribution is 2.16. The molecule has 0 aliphatic carbocycles. The minimum absolute atomic E-state index is 0.762. The second-order valence-electron chi connectivity index (χ2n) is 3.25. The number of hydrogen-bond donors (Lipinski definition) is 0. The average Bonchev–Trinajstić information content (AvgIpc) is 2.97. The van der Waals surface area contributed by atoms with E-state index >= 15 is 0 Å². The maximum atomic E-state index is 5.29.